The fourth-order valence-corrected chi connectivity index (χ4v) is 3.58. The highest BCUT2D eigenvalue weighted by atomic mass is 79.9. The molecule has 96 valence electrons. The molecule has 0 saturated heterocycles. The average Bonchev–Trinajstić information content (AvgIpc) is 2.31. The van der Waals surface area contributed by atoms with Gasteiger partial charge in [0.15, 0.2) is 0 Å². The SMILES string of the molecule is CCCN(CCO)CC1(CBr)CCCCC1. The summed E-state index contributed by atoms with van der Waals surface area (Å²) in [5, 5.41) is 10.2. The van der Waals surface area contributed by atoms with E-state index >= 15 is 0 Å². The van der Waals surface area contributed by atoms with Crippen molar-refractivity contribution in [1.29, 1.82) is 0 Å². The van der Waals surface area contributed by atoms with E-state index in [4.69, 9.17) is 5.11 Å². The molecule has 0 bridgehead atoms. The largest absolute Gasteiger partial charge is 0.395 e. The molecular weight excluding hydrogens is 266 g/mol. The summed E-state index contributed by atoms with van der Waals surface area (Å²) >= 11 is 3.71. The summed E-state index contributed by atoms with van der Waals surface area (Å²) in [7, 11) is 0. The van der Waals surface area contributed by atoms with E-state index in [0.29, 0.717) is 12.0 Å². The summed E-state index contributed by atoms with van der Waals surface area (Å²) < 4.78 is 0. The molecule has 1 aliphatic rings. The highest BCUT2D eigenvalue weighted by Gasteiger charge is 2.32. The zero-order chi connectivity index (χ0) is 11.9. The summed E-state index contributed by atoms with van der Waals surface area (Å²) in [6.07, 6.45) is 8.05. The van der Waals surface area contributed by atoms with Crippen LogP contribution in [-0.4, -0.2) is 41.6 Å². The molecule has 0 radical (unpaired) electrons. The quantitative estimate of drug-likeness (QED) is 0.729. The number of aliphatic hydroxyl groups is 1. The minimum absolute atomic E-state index is 0.290. The van der Waals surface area contributed by atoms with Gasteiger partial charge in [0, 0.05) is 18.4 Å². The molecule has 0 spiro atoms. The molecule has 0 atom stereocenters. The Morgan fingerprint density at radius 1 is 1.19 bits per heavy atom. The van der Waals surface area contributed by atoms with Crippen molar-refractivity contribution in [2.24, 2.45) is 5.41 Å². The van der Waals surface area contributed by atoms with Crippen LogP contribution in [0.15, 0.2) is 0 Å². The molecule has 2 nitrogen and oxygen atoms in total. The Labute approximate surface area is 109 Å². The third-order valence-corrected chi connectivity index (χ3v) is 4.90. The Balaban J connectivity index is 2.50. The van der Waals surface area contributed by atoms with Gasteiger partial charge in [0.05, 0.1) is 6.61 Å². The minimum atomic E-state index is 0.290. The lowest BCUT2D eigenvalue weighted by atomic mass is 9.75. The van der Waals surface area contributed by atoms with E-state index < -0.39 is 0 Å². The zero-order valence-electron chi connectivity index (χ0n) is 10.6. The fourth-order valence-electron chi connectivity index (χ4n) is 2.84. The van der Waals surface area contributed by atoms with Crippen LogP contribution >= 0.6 is 15.9 Å². The van der Waals surface area contributed by atoms with E-state index in [1.54, 1.807) is 0 Å². The van der Waals surface area contributed by atoms with Gasteiger partial charge in [0.25, 0.3) is 0 Å². The van der Waals surface area contributed by atoms with Gasteiger partial charge in [-0.25, -0.2) is 0 Å². The standard InChI is InChI=1S/C13H26BrNO/c1-2-8-15(9-10-16)12-13(11-14)6-4-3-5-7-13/h16H,2-12H2,1H3. The van der Waals surface area contributed by atoms with Crippen molar-refractivity contribution in [3.8, 4) is 0 Å². The van der Waals surface area contributed by atoms with Gasteiger partial charge in [0.2, 0.25) is 0 Å². The molecule has 0 aromatic carbocycles. The molecule has 16 heavy (non-hydrogen) atoms. The number of aliphatic hydroxyl groups excluding tert-OH is 1. The number of alkyl halides is 1. The van der Waals surface area contributed by atoms with Gasteiger partial charge in [-0.15, -0.1) is 0 Å². The van der Waals surface area contributed by atoms with Crippen LogP contribution in [0.2, 0.25) is 0 Å². The maximum absolute atomic E-state index is 9.10. The van der Waals surface area contributed by atoms with Gasteiger partial charge >= 0.3 is 0 Å². The summed E-state index contributed by atoms with van der Waals surface area (Å²) in [6.45, 7) is 5.62. The van der Waals surface area contributed by atoms with E-state index in [-0.39, 0.29) is 0 Å². The lowest BCUT2D eigenvalue weighted by molar-refractivity contribution is 0.108. The van der Waals surface area contributed by atoms with Crippen molar-refractivity contribution in [3.05, 3.63) is 0 Å². The average molecular weight is 292 g/mol. The molecule has 0 aromatic rings. The molecule has 0 aromatic heterocycles. The van der Waals surface area contributed by atoms with Crippen molar-refractivity contribution in [3.63, 3.8) is 0 Å². The molecule has 1 fully saturated rings. The minimum Gasteiger partial charge on any atom is -0.395 e. The van der Waals surface area contributed by atoms with Gasteiger partial charge in [-0.1, -0.05) is 42.1 Å². The Bertz CT molecular complexity index is 175. The third-order valence-electron chi connectivity index (χ3n) is 3.71. The Kier molecular flexibility index (Phi) is 6.94. The first-order valence-electron chi connectivity index (χ1n) is 6.65. The first-order valence-corrected chi connectivity index (χ1v) is 7.77. The van der Waals surface area contributed by atoms with Crippen LogP contribution in [-0.2, 0) is 0 Å². The van der Waals surface area contributed by atoms with Crippen molar-refractivity contribution in [2.45, 2.75) is 45.4 Å². The summed E-state index contributed by atoms with van der Waals surface area (Å²) in [5.41, 5.74) is 0.475. The van der Waals surface area contributed by atoms with E-state index in [1.165, 1.54) is 38.5 Å². The second-order valence-corrected chi connectivity index (χ2v) is 5.75. The van der Waals surface area contributed by atoms with Crippen molar-refractivity contribution in [1.82, 2.24) is 4.90 Å². The molecule has 0 heterocycles. The van der Waals surface area contributed by atoms with Crippen LogP contribution in [0.4, 0.5) is 0 Å². The van der Waals surface area contributed by atoms with Crippen LogP contribution in [0.1, 0.15) is 45.4 Å². The number of rotatable bonds is 7. The van der Waals surface area contributed by atoms with Crippen LogP contribution in [0.25, 0.3) is 0 Å². The highest BCUT2D eigenvalue weighted by Crippen LogP contribution is 2.38. The second-order valence-electron chi connectivity index (χ2n) is 5.19. The smallest absolute Gasteiger partial charge is 0.0558 e. The van der Waals surface area contributed by atoms with Gasteiger partial charge in [-0.3, -0.25) is 0 Å². The van der Waals surface area contributed by atoms with Crippen LogP contribution < -0.4 is 0 Å². The van der Waals surface area contributed by atoms with Gasteiger partial charge in [-0.05, 0) is 31.2 Å². The lowest BCUT2D eigenvalue weighted by Gasteiger charge is -2.40. The normalized spacial score (nSPS) is 20.2. The molecule has 1 saturated carbocycles. The number of hydrogen-bond donors (Lipinski definition) is 1. The van der Waals surface area contributed by atoms with Gasteiger partial charge in [0.1, 0.15) is 0 Å². The number of halogens is 1. The number of hydrogen-bond acceptors (Lipinski definition) is 2. The van der Waals surface area contributed by atoms with Crippen molar-refractivity contribution >= 4 is 15.9 Å². The zero-order valence-corrected chi connectivity index (χ0v) is 12.1. The topological polar surface area (TPSA) is 23.5 Å². The molecule has 0 amide bonds. The molecule has 0 aliphatic heterocycles. The first-order chi connectivity index (χ1) is 7.76. The summed E-state index contributed by atoms with van der Waals surface area (Å²) in [5.74, 6) is 0. The monoisotopic (exact) mass is 291 g/mol. The molecule has 1 rings (SSSR count). The maximum atomic E-state index is 9.10. The van der Waals surface area contributed by atoms with E-state index in [0.717, 1.165) is 25.0 Å². The summed E-state index contributed by atoms with van der Waals surface area (Å²) in [4.78, 5) is 2.44. The first kappa shape index (κ1) is 14.5. The molecule has 1 aliphatic carbocycles. The van der Waals surface area contributed by atoms with E-state index in [1.807, 2.05) is 0 Å². The fraction of sp³-hybridized carbons (Fsp3) is 1.00. The van der Waals surface area contributed by atoms with Gasteiger partial charge in [-0.2, -0.15) is 0 Å². The predicted molar refractivity (Wildman–Crippen MR) is 73.1 cm³/mol. The third kappa shape index (κ3) is 4.34. The van der Waals surface area contributed by atoms with Crippen LogP contribution in [0, 0.1) is 5.41 Å². The predicted octanol–water partition coefficient (Wildman–Crippen LogP) is 3.04. The van der Waals surface area contributed by atoms with Gasteiger partial charge < -0.3 is 10.0 Å². The Morgan fingerprint density at radius 2 is 1.88 bits per heavy atom. The lowest BCUT2D eigenvalue weighted by Crippen LogP contribution is -2.41. The molecule has 1 N–H and O–H groups in total. The van der Waals surface area contributed by atoms with Crippen LogP contribution in [0.3, 0.4) is 0 Å². The highest BCUT2D eigenvalue weighted by molar-refractivity contribution is 9.09. The van der Waals surface area contributed by atoms with E-state index in [2.05, 4.69) is 27.8 Å². The number of nitrogens with zero attached hydrogens (tertiary/aromatic N) is 1. The maximum Gasteiger partial charge on any atom is 0.0558 e. The second kappa shape index (κ2) is 7.67. The molecular formula is C13H26BrNO. The Morgan fingerprint density at radius 3 is 2.38 bits per heavy atom. The summed E-state index contributed by atoms with van der Waals surface area (Å²) in [6, 6.07) is 0. The Hall–Kier alpha value is 0.400. The van der Waals surface area contributed by atoms with Crippen LogP contribution in [0.5, 0.6) is 0 Å². The van der Waals surface area contributed by atoms with Crippen molar-refractivity contribution < 1.29 is 5.11 Å². The van der Waals surface area contributed by atoms with E-state index in [9.17, 15) is 0 Å². The van der Waals surface area contributed by atoms with Crippen molar-refractivity contribution in [2.75, 3.05) is 31.6 Å². The molecule has 3 heteroatoms. The molecule has 0 unspecified atom stereocenters.